The smallest absolute Gasteiger partial charge is 0.469 e. The maximum atomic E-state index is 10.8. The lowest BCUT2D eigenvalue weighted by molar-refractivity contribution is -0.142. The molecule has 1 saturated carbocycles. The molecule has 0 aliphatic heterocycles. The summed E-state index contributed by atoms with van der Waals surface area (Å²) in [5.74, 6) is 0.113. The van der Waals surface area contributed by atoms with E-state index in [4.69, 9.17) is 15.0 Å². The van der Waals surface area contributed by atoms with E-state index in [0.29, 0.717) is 0 Å². The third-order valence-electron chi connectivity index (χ3n) is 2.00. The number of carbonyl (C=O) groups excluding carboxylic acids is 1. The summed E-state index contributed by atoms with van der Waals surface area (Å²) >= 11 is 0. The molecule has 1 atom stereocenters. The van der Waals surface area contributed by atoms with Crippen LogP contribution < -0.4 is 0 Å². The Balaban J connectivity index is 0.000000310. The molecule has 0 spiro atoms. The first-order valence-electron chi connectivity index (χ1n) is 3.81. The maximum absolute atomic E-state index is 10.8. The second-order valence-electron chi connectivity index (χ2n) is 3.55. The van der Waals surface area contributed by atoms with Gasteiger partial charge in [-0.15, -0.1) is 0 Å². The lowest BCUT2D eigenvalue weighted by atomic mass is 10.1. The Kier molecular flexibility index (Phi) is 3.71. The number of hydrogen-bond donors (Lipinski definition) is 2. The number of ether oxygens (including phenoxy) is 1. The van der Waals surface area contributed by atoms with Crippen molar-refractivity contribution in [3.05, 3.63) is 0 Å². The molecule has 76 valence electrons. The third-order valence-corrected chi connectivity index (χ3v) is 2.00. The molecule has 0 aromatic heterocycles. The Labute approximate surface area is 76.3 Å². The van der Waals surface area contributed by atoms with Gasteiger partial charge in [0, 0.05) is 0 Å². The molecule has 0 amide bonds. The average molecular weight is 190 g/mol. The van der Waals surface area contributed by atoms with E-state index in [2.05, 4.69) is 18.6 Å². The zero-order chi connectivity index (χ0) is 10.6. The molecule has 1 rings (SSSR count). The van der Waals surface area contributed by atoms with Gasteiger partial charge in [-0.2, -0.15) is 0 Å². The van der Waals surface area contributed by atoms with Crippen LogP contribution in [0.25, 0.3) is 0 Å². The highest BCUT2D eigenvalue weighted by molar-refractivity contribution is 5.76. The molecule has 13 heavy (non-hydrogen) atoms. The van der Waals surface area contributed by atoms with Gasteiger partial charge in [0.05, 0.1) is 13.0 Å². The van der Waals surface area contributed by atoms with Crippen LogP contribution >= 0.6 is 0 Å². The van der Waals surface area contributed by atoms with Crippen LogP contribution in [-0.4, -0.2) is 29.4 Å². The first-order valence-corrected chi connectivity index (χ1v) is 3.81. The summed E-state index contributed by atoms with van der Waals surface area (Å²) in [6, 6.07) is 0. The van der Waals surface area contributed by atoms with Crippen LogP contribution in [0.3, 0.4) is 0 Å². The van der Waals surface area contributed by atoms with E-state index in [1.54, 1.807) is 0 Å². The number of esters is 1. The van der Waals surface area contributed by atoms with Gasteiger partial charge >= 0.3 is 12.1 Å². The van der Waals surface area contributed by atoms with E-state index >= 15 is 0 Å². The zero-order valence-corrected chi connectivity index (χ0v) is 7.90. The highest BCUT2D eigenvalue weighted by atomic mass is 16.6. The molecule has 1 aliphatic rings. The lowest BCUT2D eigenvalue weighted by Gasteiger charge is -1.98. The van der Waals surface area contributed by atoms with E-state index in [1.807, 2.05) is 0 Å². The Hall–Kier alpha value is -1.26. The van der Waals surface area contributed by atoms with Gasteiger partial charge in [0.15, 0.2) is 0 Å². The molecule has 0 aromatic carbocycles. The van der Waals surface area contributed by atoms with Gasteiger partial charge in [-0.1, -0.05) is 13.8 Å². The fraction of sp³-hybridized carbons (Fsp3) is 0.750. The van der Waals surface area contributed by atoms with Crippen molar-refractivity contribution in [3.8, 4) is 0 Å². The SMILES string of the molecule is COC(=O)C1CC1(C)C.O=C(O)O. The molecule has 1 aliphatic carbocycles. The molecular weight excluding hydrogens is 176 g/mol. The van der Waals surface area contributed by atoms with E-state index < -0.39 is 6.16 Å². The molecule has 1 unspecified atom stereocenters. The Bertz CT molecular complexity index is 205. The predicted octanol–water partition coefficient (Wildman–Crippen LogP) is 1.43. The van der Waals surface area contributed by atoms with Crippen LogP contribution in [0.2, 0.25) is 0 Å². The predicted molar refractivity (Wildman–Crippen MR) is 44.6 cm³/mol. The van der Waals surface area contributed by atoms with Crippen LogP contribution in [0.5, 0.6) is 0 Å². The second kappa shape index (κ2) is 4.11. The summed E-state index contributed by atoms with van der Waals surface area (Å²) in [6.07, 6.45) is -0.848. The normalized spacial score (nSPS) is 22.2. The van der Waals surface area contributed by atoms with Crippen molar-refractivity contribution in [2.24, 2.45) is 11.3 Å². The van der Waals surface area contributed by atoms with Crippen molar-refractivity contribution in [2.45, 2.75) is 20.3 Å². The van der Waals surface area contributed by atoms with Crippen LogP contribution in [0.15, 0.2) is 0 Å². The van der Waals surface area contributed by atoms with Gasteiger partial charge in [-0.05, 0) is 11.8 Å². The number of methoxy groups -OCH3 is 1. The zero-order valence-electron chi connectivity index (χ0n) is 7.90. The lowest BCUT2D eigenvalue weighted by Crippen LogP contribution is -2.06. The third kappa shape index (κ3) is 4.35. The molecule has 5 heteroatoms. The summed E-state index contributed by atoms with van der Waals surface area (Å²) in [7, 11) is 1.44. The van der Waals surface area contributed by atoms with Crippen LogP contribution in [-0.2, 0) is 9.53 Å². The largest absolute Gasteiger partial charge is 0.503 e. The van der Waals surface area contributed by atoms with Crippen LogP contribution in [0.1, 0.15) is 20.3 Å². The first-order chi connectivity index (χ1) is 5.81. The van der Waals surface area contributed by atoms with Crippen molar-refractivity contribution >= 4 is 12.1 Å². The Morgan fingerprint density at radius 1 is 1.38 bits per heavy atom. The highest BCUT2D eigenvalue weighted by Gasteiger charge is 2.51. The number of carbonyl (C=O) groups is 2. The van der Waals surface area contributed by atoms with Crippen molar-refractivity contribution in [2.75, 3.05) is 7.11 Å². The standard InChI is InChI=1S/C7H12O2.CH2O3/c1-7(2)4-5(7)6(8)9-3;2-1(3)4/h5H,4H2,1-3H3;(H2,2,3,4). The molecule has 0 radical (unpaired) electrons. The van der Waals surface area contributed by atoms with E-state index in [-0.39, 0.29) is 17.3 Å². The van der Waals surface area contributed by atoms with Gasteiger partial charge < -0.3 is 14.9 Å². The first kappa shape index (κ1) is 11.7. The molecule has 2 N–H and O–H groups in total. The topological polar surface area (TPSA) is 83.8 Å². The van der Waals surface area contributed by atoms with E-state index in [9.17, 15) is 4.79 Å². The molecule has 1 fully saturated rings. The monoisotopic (exact) mass is 190 g/mol. The van der Waals surface area contributed by atoms with Crippen molar-refractivity contribution < 1.29 is 24.5 Å². The summed E-state index contributed by atoms with van der Waals surface area (Å²) in [6.45, 7) is 4.16. The minimum atomic E-state index is -1.83. The summed E-state index contributed by atoms with van der Waals surface area (Å²) in [4.78, 5) is 19.3. The molecule has 0 saturated heterocycles. The van der Waals surface area contributed by atoms with E-state index in [0.717, 1.165) is 6.42 Å². The number of carboxylic acid groups (broad SMARTS) is 2. The second-order valence-corrected chi connectivity index (χ2v) is 3.55. The van der Waals surface area contributed by atoms with Gasteiger partial charge in [-0.25, -0.2) is 4.79 Å². The molecule has 0 bridgehead atoms. The minimum Gasteiger partial charge on any atom is -0.469 e. The van der Waals surface area contributed by atoms with Crippen molar-refractivity contribution in [1.29, 1.82) is 0 Å². The van der Waals surface area contributed by atoms with Gasteiger partial charge in [0.25, 0.3) is 0 Å². The minimum absolute atomic E-state index is 0.0556. The maximum Gasteiger partial charge on any atom is 0.503 e. The molecule has 0 aromatic rings. The fourth-order valence-electron chi connectivity index (χ4n) is 1.01. The van der Waals surface area contributed by atoms with Gasteiger partial charge in [0.2, 0.25) is 0 Å². The average Bonchev–Trinajstić information content (AvgIpc) is 2.57. The Morgan fingerprint density at radius 3 is 1.77 bits per heavy atom. The van der Waals surface area contributed by atoms with Crippen LogP contribution in [0.4, 0.5) is 4.79 Å². The summed E-state index contributed by atoms with van der Waals surface area (Å²) in [5, 5.41) is 13.9. The van der Waals surface area contributed by atoms with Gasteiger partial charge in [0.1, 0.15) is 0 Å². The highest BCUT2D eigenvalue weighted by Crippen LogP contribution is 2.51. The summed E-state index contributed by atoms with van der Waals surface area (Å²) in [5.41, 5.74) is 0.215. The fourth-order valence-corrected chi connectivity index (χ4v) is 1.01. The Morgan fingerprint density at radius 2 is 1.69 bits per heavy atom. The van der Waals surface area contributed by atoms with Crippen LogP contribution in [0, 0.1) is 11.3 Å². The number of rotatable bonds is 1. The molecular formula is C8H14O5. The number of hydrogen-bond acceptors (Lipinski definition) is 3. The summed E-state index contributed by atoms with van der Waals surface area (Å²) < 4.78 is 4.57. The van der Waals surface area contributed by atoms with E-state index in [1.165, 1.54) is 7.11 Å². The quantitative estimate of drug-likeness (QED) is 0.611. The van der Waals surface area contributed by atoms with Crippen molar-refractivity contribution in [3.63, 3.8) is 0 Å². The molecule has 0 heterocycles. The van der Waals surface area contributed by atoms with Gasteiger partial charge in [-0.3, -0.25) is 4.79 Å². The van der Waals surface area contributed by atoms with Crippen molar-refractivity contribution in [1.82, 2.24) is 0 Å². The molecule has 5 nitrogen and oxygen atoms in total.